The lowest BCUT2D eigenvalue weighted by Crippen LogP contribution is -2.47. The molecule has 0 aromatic heterocycles. The fourth-order valence-electron chi connectivity index (χ4n) is 1.88. The number of anilines is 2. The molecule has 4 N–H and O–H groups in total. The molecule has 2 rings (SSSR count). The van der Waals surface area contributed by atoms with Gasteiger partial charge in [0.2, 0.25) is 5.91 Å². The largest absolute Gasteiger partial charge is 0.336 e. The molecule has 1 aromatic carbocycles. The minimum absolute atomic E-state index is 0.0951. The second-order valence-electron chi connectivity index (χ2n) is 5.16. The predicted octanol–water partition coefficient (Wildman–Crippen LogP) is 1.28. The van der Waals surface area contributed by atoms with Gasteiger partial charge >= 0.3 is 6.03 Å². The minimum Gasteiger partial charge on any atom is -0.336 e. The first-order valence-electron chi connectivity index (χ1n) is 6.70. The predicted molar refractivity (Wildman–Crippen MR) is 78.7 cm³/mol. The van der Waals surface area contributed by atoms with Gasteiger partial charge < -0.3 is 16.4 Å². The van der Waals surface area contributed by atoms with Crippen molar-refractivity contribution in [3.05, 3.63) is 24.3 Å². The van der Waals surface area contributed by atoms with Crippen molar-refractivity contribution in [3.63, 3.8) is 0 Å². The number of benzene rings is 1. The molecule has 3 amide bonds. The molecule has 6 heteroatoms. The molecule has 108 valence electrons. The summed E-state index contributed by atoms with van der Waals surface area (Å²) in [4.78, 5) is 25.1. The van der Waals surface area contributed by atoms with E-state index in [4.69, 9.17) is 5.73 Å². The Hall–Kier alpha value is -2.08. The number of nitrogens with one attached hydrogen (secondary N) is 2. The average molecular weight is 276 g/mol. The molecule has 0 spiro atoms. The van der Waals surface area contributed by atoms with Gasteiger partial charge in [-0.2, -0.15) is 0 Å². The monoisotopic (exact) mass is 276 g/mol. The number of urea groups is 1. The molecule has 0 saturated carbocycles. The van der Waals surface area contributed by atoms with Crippen molar-refractivity contribution in [2.75, 3.05) is 23.3 Å². The van der Waals surface area contributed by atoms with Crippen LogP contribution < -0.4 is 21.3 Å². The molecule has 0 bridgehead atoms. The Kier molecular flexibility index (Phi) is 3.94. The van der Waals surface area contributed by atoms with Crippen molar-refractivity contribution in [1.29, 1.82) is 0 Å². The van der Waals surface area contributed by atoms with Crippen LogP contribution in [0.25, 0.3) is 0 Å². The Bertz CT molecular complexity index is 510. The van der Waals surface area contributed by atoms with Crippen molar-refractivity contribution in [3.8, 4) is 0 Å². The highest BCUT2D eigenvalue weighted by Gasteiger charge is 2.26. The molecule has 6 nitrogen and oxygen atoms in total. The summed E-state index contributed by atoms with van der Waals surface area (Å²) in [5.41, 5.74) is 6.48. The number of amides is 3. The molecule has 1 atom stereocenters. The summed E-state index contributed by atoms with van der Waals surface area (Å²) in [6, 6.07) is 7.05. The van der Waals surface area contributed by atoms with Crippen LogP contribution in [0.5, 0.6) is 0 Å². The van der Waals surface area contributed by atoms with Crippen LogP contribution in [0.4, 0.5) is 16.2 Å². The van der Waals surface area contributed by atoms with E-state index < -0.39 is 5.54 Å². The highest BCUT2D eigenvalue weighted by Crippen LogP contribution is 2.20. The van der Waals surface area contributed by atoms with E-state index >= 15 is 0 Å². The first kappa shape index (κ1) is 14.3. The van der Waals surface area contributed by atoms with E-state index in [0.717, 1.165) is 5.69 Å². The Morgan fingerprint density at radius 3 is 2.60 bits per heavy atom. The molecule has 0 radical (unpaired) electrons. The second kappa shape index (κ2) is 5.50. The molecule has 0 aliphatic carbocycles. The van der Waals surface area contributed by atoms with Crippen molar-refractivity contribution in [1.82, 2.24) is 5.32 Å². The van der Waals surface area contributed by atoms with Crippen LogP contribution in [0.15, 0.2) is 24.3 Å². The van der Waals surface area contributed by atoms with Crippen molar-refractivity contribution in [2.24, 2.45) is 5.73 Å². The summed E-state index contributed by atoms with van der Waals surface area (Å²) in [6.07, 6.45) is 0.560. The third kappa shape index (κ3) is 2.91. The van der Waals surface area contributed by atoms with E-state index in [1.165, 1.54) is 0 Å². The number of nitrogens with zero attached hydrogens (tertiary/aromatic N) is 1. The normalized spacial score (nSPS) is 17.6. The molecule has 1 fully saturated rings. The number of carbonyl (C=O) groups excluding carboxylic acids is 2. The standard InChI is InChI=1S/C14H20N4O2/c1-3-14(2,15)12(19)17-10-4-6-11(7-5-10)18-9-8-16-13(18)20/h4-7H,3,8-9,15H2,1-2H3,(H,16,20)(H,17,19). The quantitative estimate of drug-likeness (QED) is 0.774. The van der Waals surface area contributed by atoms with E-state index in [2.05, 4.69) is 10.6 Å². The molecule has 1 aliphatic heterocycles. The average Bonchev–Trinajstić information content (AvgIpc) is 2.86. The van der Waals surface area contributed by atoms with Gasteiger partial charge in [0.05, 0.1) is 5.54 Å². The molecule has 1 heterocycles. The van der Waals surface area contributed by atoms with Crippen LogP contribution in [-0.2, 0) is 4.79 Å². The van der Waals surface area contributed by atoms with Crippen molar-refractivity contribution >= 4 is 23.3 Å². The SMILES string of the molecule is CCC(C)(N)C(=O)Nc1ccc(N2CCNC2=O)cc1. The van der Waals surface area contributed by atoms with Gasteiger partial charge in [0, 0.05) is 24.5 Å². The van der Waals surface area contributed by atoms with Gasteiger partial charge in [-0.1, -0.05) is 6.92 Å². The zero-order valence-corrected chi connectivity index (χ0v) is 11.8. The van der Waals surface area contributed by atoms with Gasteiger partial charge in [-0.15, -0.1) is 0 Å². The summed E-state index contributed by atoms with van der Waals surface area (Å²) in [5, 5.41) is 5.52. The Morgan fingerprint density at radius 2 is 2.10 bits per heavy atom. The summed E-state index contributed by atoms with van der Waals surface area (Å²) in [6.45, 7) is 4.88. The smallest absolute Gasteiger partial charge is 0.321 e. The van der Waals surface area contributed by atoms with Gasteiger partial charge in [-0.25, -0.2) is 4.79 Å². The molecule has 1 unspecified atom stereocenters. The van der Waals surface area contributed by atoms with Gasteiger partial charge in [-0.05, 0) is 37.6 Å². The minimum atomic E-state index is -0.881. The highest BCUT2D eigenvalue weighted by molar-refractivity contribution is 5.98. The first-order chi connectivity index (χ1) is 9.44. The van der Waals surface area contributed by atoms with E-state index in [0.29, 0.717) is 25.2 Å². The number of carbonyl (C=O) groups is 2. The Morgan fingerprint density at radius 1 is 1.45 bits per heavy atom. The number of hydrogen-bond acceptors (Lipinski definition) is 3. The fraction of sp³-hybridized carbons (Fsp3) is 0.429. The lowest BCUT2D eigenvalue weighted by molar-refractivity contribution is -0.120. The maximum Gasteiger partial charge on any atom is 0.321 e. The Balaban J connectivity index is 2.05. The molecule has 1 aromatic rings. The second-order valence-corrected chi connectivity index (χ2v) is 5.16. The fourth-order valence-corrected chi connectivity index (χ4v) is 1.88. The maximum absolute atomic E-state index is 11.9. The maximum atomic E-state index is 11.9. The Labute approximate surface area is 118 Å². The molecular formula is C14H20N4O2. The van der Waals surface area contributed by atoms with Gasteiger partial charge in [-0.3, -0.25) is 9.69 Å². The summed E-state index contributed by atoms with van der Waals surface area (Å²) < 4.78 is 0. The van der Waals surface area contributed by atoms with Gasteiger partial charge in [0.25, 0.3) is 0 Å². The van der Waals surface area contributed by atoms with Gasteiger partial charge in [0.1, 0.15) is 0 Å². The van der Waals surface area contributed by atoms with Crippen LogP contribution >= 0.6 is 0 Å². The van der Waals surface area contributed by atoms with Crippen LogP contribution in [0, 0.1) is 0 Å². The van der Waals surface area contributed by atoms with E-state index in [9.17, 15) is 9.59 Å². The molecule has 1 aliphatic rings. The van der Waals surface area contributed by atoms with Crippen LogP contribution in [-0.4, -0.2) is 30.6 Å². The van der Waals surface area contributed by atoms with Crippen molar-refractivity contribution < 1.29 is 9.59 Å². The van der Waals surface area contributed by atoms with Crippen LogP contribution in [0.2, 0.25) is 0 Å². The first-order valence-corrected chi connectivity index (χ1v) is 6.70. The summed E-state index contributed by atoms with van der Waals surface area (Å²) >= 11 is 0. The van der Waals surface area contributed by atoms with Crippen LogP contribution in [0.3, 0.4) is 0 Å². The third-order valence-electron chi connectivity index (χ3n) is 3.55. The number of nitrogens with two attached hydrogens (primary N) is 1. The highest BCUT2D eigenvalue weighted by atomic mass is 16.2. The molecule has 20 heavy (non-hydrogen) atoms. The molecular weight excluding hydrogens is 256 g/mol. The third-order valence-corrected chi connectivity index (χ3v) is 3.55. The van der Waals surface area contributed by atoms with E-state index in [1.54, 1.807) is 36.1 Å². The van der Waals surface area contributed by atoms with Crippen molar-refractivity contribution in [2.45, 2.75) is 25.8 Å². The van der Waals surface area contributed by atoms with E-state index in [1.807, 2.05) is 6.92 Å². The zero-order chi connectivity index (χ0) is 14.8. The summed E-state index contributed by atoms with van der Waals surface area (Å²) in [5.74, 6) is -0.216. The molecule has 1 saturated heterocycles. The lowest BCUT2D eigenvalue weighted by Gasteiger charge is -2.21. The van der Waals surface area contributed by atoms with Crippen LogP contribution in [0.1, 0.15) is 20.3 Å². The topological polar surface area (TPSA) is 87.5 Å². The number of hydrogen-bond donors (Lipinski definition) is 3. The number of rotatable bonds is 4. The lowest BCUT2D eigenvalue weighted by atomic mass is 9.99. The zero-order valence-electron chi connectivity index (χ0n) is 11.8. The van der Waals surface area contributed by atoms with Gasteiger partial charge in [0.15, 0.2) is 0 Å². The van der Waals surface area contributed by atoms with E-state index in [-0.39, 0.29) is 11.9 Å². The summed E-state index contributed by atoms with van der Waals surface area (Å²) in [7, 11) is 0.